The molecular weight excluding hydrogens is 286 g/mol. The summed E-state index contributed by atoms with van der Waals surface area (Å²) in [5.41, 5.74) is 1.05. The fourth-order valence-electron chi connectivity index (χ4n) is 1.42. The Kier molecular flexibility index (Phi) is 5.15. The second-order valence-corrected chi connectivity index (χ2v) is 4.59. The smallest absolute Gasteiger partial charge is 0.323 e. The molecule has 0 radical (unpaired) electrons. The maximum absolute atomic E-state index is 11.6. The Morgan fingerprint density at radius 1 is 1.35 bits per heavy atom. The van der Waals surface area contributed by atoms with Crippen LogP contribution in [0.3, 0.4) is 0 Å². The minimum Gasteiger partial charge on any atom is -0.480 e. The normalized spacial score (nSPS) is 10.0. The lowest BCUT2D eigenvalue weighted by Gasteiger charge is -2.14. The highest BCUT2D eigenvalue weighted by atomic mass is 79.9. The summed E-state index contributed by atoms with van der Waals surface area (Å²) in [7, 11) is 1.50. The highest BCUT2D eigenvalue weighted by Crippen LogP contribution is 2.17. The highest BCUT2D eigenvalue weighted by Gasteiger charge is 2.12. The van der Waals surface area contributed by atoms with E-state index in [1.165, 1.54) is 11.9 Å². The average molecular weight is 300 g/mol. The number of benzene rings is 1. The van der Waals surface area contributed by atoms with Gasteiger partial charge in [0.2, 0.25) is 5.91 Å². The van der Waals surface area contributed by atoms with E-state index in [4.69, 9.17) is 5.11 Å². The van der Waals surface area contributed by atoms with Gasteiger partial charge in [-0.05, 0) is 18.1 Å². The SMILES string of the molecule is CN(CC(=O)O)C(=O)CCc1ccccc1Br. The molecule has 0 atom stereocenters. The Morgan fingerprint density at radius 3 is 2.59 bits per heavy atom. The van der Waals surface area contributed by atoms with Gasteiger partial charge in [0, 0.05) is 17.9 Å². The lowest BCUT2D eigenvalue weighted by Crippen LogP contribution is -2.32. The van der Waals surface area contributed by atoms with Crippen molar-refractivity contribution in [3.8, 4) is 0 Å². The highest BCUT2D eigenvalue weighted by molar-refractivity contribution is 9.10. The number of aliphatic carboxylic acids is 1. The van der Waals surface area contributed by atoms with Crippen LogP contribution in [0.4, 0.5) is 0 Å². The summed E-state index contributed by atoms with van der Waals surface area (Å²) >= 11 is 3.40. The third kappa shape index (κ3) is 4.56. The van der Waals surface area contributed by atoms with Gasteiger partial charge in [-0.15, -0.1) is 0 Å². The minimum absolute atomic E-state index is 0.164. The van der Waals surface area contributed by atoms with E-state index in [0.29, 0.717) is 12.8 Å². The molecule has 1 amide bonds. The summed E-state index contributed by atoms with van der Waals surface area (Å²) in [6, 6.07) is 7.67. The number of hydrogen-bond acceptors (Lipinski definition) is 2. The molecule has 1 aromatic rings. The molecule has 0 aliphatic heterocycles. The Morgan fingerprint density at radius 2 is 2.00 bits per heavy atom. The predicted molar refractivity (Wildman–Crippen MR) is 67.7 cm³/mol. The van der Waals surface area contributed by atoms with Crippen molar-refractivity contribution in [3.05, 3.63) is 34.3 Å². The fourth-order valence-corrected chi connectivity index (χ4v) is 1.91. The van der Waals surface area contributed by atoms with Crippen molar-refractivity contribution >= 4 is 27.8 Å². The Bertz CT molecular complexity index is 420. The average Bonchev–Trinajstić information content (AvgIpc) is 2.26. The Balaban J connectivity index is 2.48. The number of nitrogens with zero attached hydrogens (tertiary/aromatic N) is 1. The summed E-state index contributed by atoms with van der Waals surface area (Å²) in [6.45, 7) is -0.255. The number of halogens is 1. The lowest BCUT2D eigenvalue weighted by atomic mass is 10.1. The molecule has 1 aromatic carbocycles. The molecule has 0 saturated heterocycles. The van der Waals surface area contributed by atoms with Gasteiger partial charge >= 0.3 is 5.97 Å². The van der Waals surface area contributed by atoms with Crippen LogP contribution in [0, 0.1) is 0 Å². The van der Waals surface area contributed by atoms with Gasteiger partial charge in [-0.1, -0.05) is 34.1 Å². The van der Waals surface area contributed by atoms with Gasteiger partial charge in [0.25, 0.3) is 0 Å². The molecule has 0 aliphatic carbocycles. The quantitative estimate of drug-likeness (QED) is 0.904. The Hall–Kier alpha value is -1.36. The molecule has 92 valence electrons. The van der Waals surface area contributed by atoms with Crippen molar-refractivity contribution in [1.29, 1.82) is 0 Å². The van der Waals surface area contributed by atoms with Crippen LogP contribution >= 0.6 is 15.9 Å². The van der Waals surface area contributed by atoms with Crippen molar-refractivity contribution in [2.45, 2.75) is 12.8 Å². The molecule has 0 bridgehead atoms. The third-order valence-corrected chi connectivity index (χ3v) is 3.14. The van der Waals surface area contributed by atoms with Gasteiger partial charge < -0.3 is 10.0 Å². The molecular formula is C12H14BrNO3. The zero-order chi connectivity index (χ0) is 12.8. The third-order valence-electron chi connectivity index (χ3n) is 2.36. The zero-order valence-electron chi connectivity index (χ0n) is 9.52. The van der Waals surface area contributed by atoms with E-state index < -0.39 is 5.97 Å². The molecule has 0 aromatic heterocycles. The number of aryl methyl sites for hydroxylation is 1. The van der Waals surface area contributed by atoms with Gasteiger partial charge in [-0.25, -0.2) is 0 Å². The first-order valence-electron chi connectivity index (χ1n) is 5.20. The molecule has 0 aliphatic rings. The van der Waals surface area contributed by atoms with Crippen molar-refractivity contribution < 1.29 is 14.7 Å². The second kappa shape index (κ2) is 6.39. The predicted octanol–water partition coefficient (Wildman–Crippen LogP) is 1.92. The lowest BCUT2D eigenvalue weighted by molar-refractivity contribution is -0.143. The zero-order valence-corrected chi connectivity index (χ0v) is 11.1. The summed E-state index contributed by atoms with van der Waals surface area (Å²) in [6.07, 6.45) is 0.913. The van der Waals surface area contributed by atoms with Crippen LogP contribution in [-0.4, -0.2) is 35.5 Å². The topological polar surface area (TPSA) is 57.6 Å². The first kappa shape index (κ1) is 13.7. The van der Waals surface area contributed by atoms with E-state index in [2.05, 4.69) is 15.9 Å². The fraction of sp³-hybridized carbons (Fsp3) is 0.333. The van der Waals surface area contributed by atoms with Crippen molar-refractivity contribution in [1.82, 2.24) is 4.90 Å². The molecule has 17 heavy (non-hydrogen) atoms. The number of hydrogen-bond donors (Lipinski definition) is 1. The van der Waals surface area contributed by atoms with Gasteiger partial charge in [0.1, 0.15) is 6.54 Å². The van der Waals surface area contributed by atoms with E-state index in [9.17, 15) is 9.59 Å². The standard InChI is InChI=1S/C12H14BrNO3/c1-14(8-12(16)17)11(15)7-6-9-4-2-3-5-10(9)13/h2-5H,6-8H2,1H3,(H,16,17). The van der Waals surface area contributed by atoms with E-state index in [1.807, 2.05) is 24.3 Å². The van der Waals surface area contributed by atoms with E-state index in [0.717, 1.165) is 10.0 Å². The summed E-state index contributed by atoms with van der Waals surface area (Å²) in [4.78, 5) is 23.3. The molecule has 0 unspecified atom stereocenters. The number of rotatable bonds is 5. The molecule has 0 saturated carbocycles. The molecule has 0 heterocycles. The van der Waals surface area contributed by atoms with Crippen molar-refractivity contribution in [2.24, 2.45) is 0 Å². The first-order chi connectivity index (χ1) is 8.00. The van der Waals surface area contributed by atoms with Crippen LogP contribution in [0.15, 0.2) is 28.7 Å². The summed E-state index contributed by atoms with van der Waals surface area (Å²) in [5.74, 6) is -1.16. The number of carbonyl (C=O) groups excluding carboxylic acids is 1. The first-order valence-corrected chi connectivity index (χ1v) is 5.99. The van der Waals surface area contributed by atoms with Crippen LogP contribution in [0.25, 0.3) is 0 Å². The molecule has 4 nitrogen and oxygen atoms in total. The van der Waals surface area contributed by atoms with Gasteiger partial charge in [-0.2, -0.15) is 0 Å². The number of carboxylic acids is 1. The van der Waals surface area contributed by atoms with E-state index in [1.54, 1.807) is 0 Å². The molecule has 5 heteroatoms. The van der Waals surface area contributed by atoms with Crippen LogP contribution in [0.1, 0.15) is 12.0 Å². The van der Waals surface area contributed by atoms with Crippen molar-refractivity contribution in [2.75, 3.05) is 13.6 Å². The van der Waals surface area contributed by atoms with Crippen LogP contribution in [-0.2, 0) is 16.0 Å². The van der Waals surface area contributed by atoms with Crippen LogP contribution in [0.2, 0.25) is 0 Å². The Labute approximate surface area is 108 Å². The molecule has 0 spiro atoms. The largest absolute Gasteiger partial charge is 0.480 e. The van der Waals surface area contributed by atoms with Crippen LogP contribution < -0.4 is 0 Å². The van der Waals surface area contributed by atoms with Gasteiger partial charge in [0.05, 0.1) is 0 Å². The maximum atomic E-state index is 11.6. The summed E-state index contributed by atoms with van der Waals surface area (Å²) < 4.78 is 0.966. The van der Waals surface area contributed by atoms with E-state index >= 15 is 0 Å². The number of carbonyl (C=O) groups is 2. The number of amides is 1. The van der Waals surface area contributed by atoms with Crippen molar-refractivity contribution in [3.63, 3.8) is 0 Å². The van der Waals surface area contributed by atoms with Gasteiger partial charge in [-0.3, -0.25) is 9.59 Å². The number of carboxylic acid groups (broad SMARTS) is 1. The molecule has 1 rings (SSSR count). The minimum atomic E-state index is -0.998. The monoisotopic (exact) mass is 299 g/mol. The molecule has 1 N–H and O–H groups in total. The van der Waals surface area contributed by atoms with E-state index in [-0.39, 0.29) is 12.5 Å². The maximum Gasteiger partial charge on any atom is 0.323 e. The van der Waals surface area contributed by atoms with Gasteiger partial charge in [0.15, 0.2) is 0 Å². The van der Waals surface area contributed by atoms with Crippen LogP contribution in [0.5, 0.6) is 0 Å². The molecule has 0 fully saturated rings. The second-order valence-electron chi connectivity index (χ2n) is 3.73. The number of likely N-dealkylation sites (N-methyl/N-ethyl adjacent to an activating group) is 1. The summed E-state index contributed by atoms with van der Waals surface area (Å²) in [5, 5.41) is 8.56.